The summed E-state index contributed by atoms with van der Waals surface area (Å²) in [5.41, 5.74) is 2.46. The molecule has 1 saturated heterocycles. The number of benzene rings is 2. The van der Waals surface area contributed by atoms with Crippen LogP contribution < -0.4 is 10.1 Å². The minimum Gasteiger partial charge on any atom is -0.432 e. The van der Waals surface area contributed by atoms with Crippen LogP contribution in [0.1, 0.15) is 35.2 Å². The maximum atomic E-state index is 12.4. The Hall–Kier alpha value is -2.40. The van der Waals surface area contributed by atoms with Crippen LogP contribution in [-0.2, 0) is 0 Å². The lowest BCUT2D eigenvalue weighted by molar-refractivity contribution is 0.102. The van der Waals surface area contributed by atoms with Gasteiger partial charge >= 0.3 is 0 Å². The van der Waals surface area contributed by atoms with Crippen molar-refractivity contribution < 1.29 is 9.53 Å². The van der Waals surface area contributed by atoms with Crippen molar-refractivity contribution in [2.45, 2.75) is 26.2 Å². The molecule has 0 aromatic heterocycles. The molecule has 0 atom stereocenters. The van der Waals surface area contributed by atoms with Gasteiger partial charge in [-0.3, -0.25) is 4.79 Å². The maximum absolute atomic E-state index is 12.4. The van der Waals surface area contributed by atoms with Gasteiger partial charge in [0.15, 0.2) is 0 Å². The third-order valence-corrected chi connectivity index (χ3v) is 4.57. The molecule has 0 bridgehead atoms. The summed E-state index contributed by atoms with van der Waals surface area (Å²) in [6, 6.07) is 14.8. The number of carbonyl (C=O) groups is 1. The van der Waals surface area contributed by atoms with Gasteiger partial charge in [0.2, 0.25) is 0 Å². The Balaban J connectivity index is 1.64. The fourth-order valence-corrected chi connectivity index (χ4v) is 3.06. The molecule has 1 heterocycles. The van der Waals surface area contributed by atoms with Crippen molar-refractivity contribution in [3.8, 4) is 5.75 Å². The summed E-state index contributed by atoms with van der Waals surface area (Å²) in [4.78, 5) is 14.5. The molecule has 2 aromatic carbocycles. The molecule has 130 valence electrons. The second kappa shape index (κ2) is 8.12. The van der Waals surface area contributed by atoms with Gasteiger partial charge in [0, 0.05) is 24.3 Å². The Kier molecular flexibility index (Phi) is 5.66. The van der Waals surface area contributed by atoms with Gasteiger partial charge < -0.3 is 15.0 Å². The van der Waals surface area contributed by atoms with Crippen molar-refractivity contribution in [3.05, 3.63) is 59.7 Å². The Morgan fingerprint density at radius 1 is 1.08 bits per heavy atom. The standard InChI is InChI=1S/C20H22N2O2S/c1-15-8-10-17(11-9-15)21-19(23)16-6-5-7-18(14-16)24-20(25)22-12-3-2-4-13-22/h5-11,14H,2-4,12-13H2,1H3,(H,21,23). The van der Waals surface area contributed by atoms with Crippen molar-refractivity contribution in [3.63, 3.8) is 0 Å². The van der Waals surface area contributed by atoms with Crippen LogP contribution in [0.4, 0.5) is 5.69 Å². The average molecular weight is 354 g/mol. The smallest absolute Gasteiger partial charge is 0.264 e. The van der Waals surface area contributed by atoms with Crippen LogP contribution in [0.3, 0.4) is 0 Å². The van der Waals surface area contributed by atoms with Gasteiger partial charge in [-0.15, -0.1) is 0 Å². The predicted octanol–water partition coefficient (Wildman–Crippen LogP) is 4.40. The number of ether oxygens (including phenoxy) is 1. The highest BCUT2D eigenvalue weighted by atomic mass is 32.1. The van der Waals surface area contributed by atoms with Crippen LogP contribution in [0.2, 0.25) is 0 Å². The summed E-state index contributed by atoms with van der Waals surface area (Å²) in [6.45, 7) is 3.89. The molecule has 0 saturated carbocycles. The van der Waals surface area contributed by atoms with E-state index >= 15 is 0 Å². The van der Waals surface area contributed by atoms with E-state index in [9.17, 15) is 4.79 Å². The summed E-state index contributed by atoms with van der Waals surface area (Å²) in [7, 11) is 0. The zero-order chi connectivity index (χ0) is 17.6. The molecular formula is C20H22N2O2S. The van der Waals surface area contributed by atoms with E-state index in [1.54, 1.807) is 18.2 Å². The van der Waals surface area contributed by atoms with Crippen LogP contribution in [-0.4, -0.2) is 29.1 Å². The van der Waals surface area contributed by atoms with E-state index in [2.05, 4.69) is 10.2 Å². The SMILES string of the molecule is Cc1ccc(NC(=O)c2cccc(OC(=S)N3CCCCC3)c2)cc1. The molecule has 1 aliphatic heterocycles. The first-order valence-electron chi connectivity index (χ1n) is 8.57. The largest absolute Gasteiger partial charge is 0.432 e. The number of nitrogens with one attached hydrogen (secondary N) is 1. The fourth-order valence-electron chi connectivity index (χ4n) is 2.78. The molecule has 0 spiro atoms. The number of hydrogen-bond acceptors (Lipinski definition) is 3. The number of hydrogen-bond donors (Lipinski definition) is 1. The van der Waals surface area contributed by atoms with Gasteiger partial charge in [0.25, 0.3) is 11.1 Å². The molecule has 1 amide bonds. The Morgan fingerprint density at radius 3 is 2.52 bits per heavy atom. The number of rotatable bonds is 3. The molecule has 3 rings (SSSR count). The zero-order valence-corrected chi connectivity index (χ0v) is 15.1. The summed E-state index contributed by atoms with van der Waals surface area (Å²) < 4.78 is 5.79. The molecule has 1 fully saturated rings. The van der Waals surface area contributed by atoms with Crippen molar-refractivity contribution >= 4 is 29.0 Å². The molecule has 0 radical (unpaired) electrons. The number of piperidine rings is 1. The molecule has 25 heavy (non-hydrogen) atoms. The minimum atomic E-state index is -0.168. The normalized spacial score (nSPS) is 14.0. The first kappa shape index (κ1) is 17.4. The number of anilines is 1. The number of amides is 1. The maximum Gasteiger partial charge on any atom is 0.264 e. The number of nitrogens with zero attached hydrogens (tertiary/aromatic N) is 1. The molecule has 0 aliphatic carbocycles. The second-order valence-electron chi connectivity index (χ2n) is 6.26. The van der Waals surface area contributed by atoms with Crippen LogP contribution in [0.5, 0.6) is 5.75 Å². The molecule has 1 aliphatic rings. The van der Waals surface area contributed by atoms with Gasteiger partial charge in [0.05, 0.1) is 0 Å². The lowest BCUT2D eigenvalue weighted by Crippen LogP contribution is -2.37. The topological polar surface area (TPSA) is 41.6 Å². The highest BCUT2D eigenvalue weighted by Crippen LogP contribution is 2.18. The number of aryl methyl sites for hydroxylation is 1. The molecule has 4 nitrogen and oxygen atoms in total. The summed E-state index contributed by atoms with van der Waals surface area (Å²) in [5.74, 6) is 0.422. The Labute approximate surface area is 153 Å². The lowest BCUT2D eigenvalue weighted by Gasteiger charge is -2.28. The first-order chi connectivity index (χ1) is 12.1. The molecule has 2 aromatic rings. The Morgan fingerprint density at radius 2 is 1.80 bits per heavy atom. The lowest BCUT2D eigenvalue weighted by atomic mass is 10.1. The Bertz CT molecular complexity index is 753. The highest BCUT2D eigenvalue weighted by molar-refractivity contribution is 7.80. The average Bonchev–Trinajstić information content (AvgIpc) is 2.64. The van der Waals surface area contributed by atoms with E-state index in [1.807, 2.05) is 37.3 Å². The van der Waals surface area contributed by atoms with Crippen molar-refractivity contribution in [2.24, 2.45) is 0 Å². The second-order valence-corrected chi connectivity index (χ2v) is 6.61. The van der Waals surface area contributed by atoms with Gasteiger partial charge in [-0.05, 0) is 68.7 Å². The number of carbonyl (C=O) groups excluding carboxylic acids is 1. The van der Waals surface area contributed by atoms with Gasteiger partial charge in [0.1, 0.15) is 5.75 Å². The number of thiocarbonyl (C=S) groups is 1. The van der Waals surface area contributed by atoms with Crippen molar-refractivity contribution in [1.29, 1.82) is 0 Å². The highest BCUT2D eigenvalue weighted by Gasteiger charge is 2.15. The van der Waals surface area contributed by atoms with Crippen LogP contribution in [0.25, 0.3) is 0 Å². The zero-order valence-electron chi connectivity index (χ0n) is 14.3. The van der Waals surface area contributed by atoms with Crippen LogP contribution >= 0.6 is 12.2 Å². The molecule has 0 unspecified atom stereocenters. The predicted molar refractivity (Wildman–Crippen MR) is 104 cm³/mol. The van der Waals surface area contributed by atoms with E-state index < -0.39 is 0 Å². The van der Waals surface area contributed by atoms with Crippen LogP contribution in [0.15, 0.2) is 48.5 Å². The molecular weight excluding hydrogens is 332 g/mol. The van der Waals surface area contributed by atoms with E-state index in [0.29, 0.717) is 16.5 Å². The van der Waals surface area contributed by atoms with Crippen LogP contribution in [0, 0.1) is 6.92 Å². The quantitative estimate of drug-likeness (QED) is 0.830. The van der Waals surface area contributed by atoms with E-state index in [4.69, 9.17) is 17.0 Å². The van der Waals surface area contributed by atoms with Gasteiger partial charge in [-0.1, -0.05) is 23.8 Å². The van der Waals surface area contributed by atoms with E-state index in [1.165, 1.54) is 6.42 Å². The minimum absolute atomic E-state index is 0.168. The summed E-state index contributed by atoms with van der Waals surface area (Å²) in [5, 5.41) is 3.37. The third-order valence-electron chi connectivity index (χ3n) is 4.23. The van der Waals surface area contributed by atoms with E-state index in [0.717, 1.165) is 37.2 Å². The molecule has 1 N–H and O–H groups in total. The van der Waals surface area contributed by atoms with Crippen molar-refractivity contribution in [1.82, 2.24) is 4.90 Å². The monoisotopic (exact) mass is 354 g/mol. The third kappa shape index (κ3) is 4.79. The summed E-state index contributed by atoms with van der Waals surface area (Å²) >= 11 is 5.39. The molecule has 5 heteroatoms. The van der Waals surface area contributed by atoms with Crippen molar-refractivity contribution in [2.75, 3.05) is 18.4 Å². The summed E-state index contributed by atoms with van der Waals surface area (Å²) in [6.07, 6.45) is 3.53. The van der Waals surface area contributed by atoms with Gasteiger partial charge in [-0.2, -0.15) is 0 Å². The number of likely N-dealkylation sites (tertiary alicyclic amines) is 1. The fraction of sp³-hybridized carbons (Fsp3) is 0.300. The van der Waals surface area contributed by atoms with E-state index in [-0.39, 0.29) is 5.91 Å². The van der Waals surface area contributed by atoms with Gasteiger partial charge in [-0.25, -0.2) is 0 Å². The first-order valence-corrected chi connectivity index (χ1v) is 8.97.